The lowest BCUT2D eigenvalue weighted by molar-refractivity contribution is -0.147. The number of hydrogen-bond donors (Lipinski definition) is 2. The molecule has 1 aliphatic heterocycles. The Morgan fingerprint density at radius 1 is 0.976 bits per heavy atom. The standard InChI is InChI=1S/C29H31F5N4O3/c30-23(31)13-12-19(25(35)39)20(14-15-29(32,33)34)27(40)37-26-28(41)38(16-17-10-11-17)22-9-5-4-8-21(22)24(36-26)18-6-2-1-3-7-18/h1-9,17,19-20,23,26H,10-16H2,(H2,35,39)(H,37,40). The molecule has 1 saturated carbocycles. The van der Waals surface area contributed by atoms with Crippen LogP contribution in [0.15, 0.2) is 59.6 Å². The summed E-state index contributed by atoms with van der Waals surface area (Å²) in [6, 6.07) is 16.0. The fourth-order valence-corrected chi connectivity index (χ4v) is 5.02. The fraction of sp³-hybridized carbons (Fsp3) is 0.448. The number of anilines is 1. The first-order chi connectivity index (χ1) is 19.4. The zero-order valence-electron chi connectivity index (χ0n) is 22.1. The molecule has 4 rings (SSSR count). The van der Waals surface area contributed by atoms with Crippen molar-refractivity contribution in [2.75, 3.05) is 11.4 Å². The van der Waals surface area contributed by atoms with Gasteiger partial charge in [-0.25, -0.2) is 13.8 Å². The summed E-state index contributed by atoms with van der Waals surface area (Å²) >= 11 is 0. The van der Waals surface area contributed by atoms with E-state index in [9.17, 15) is 36.3 Å². The number of amides is 3. The molecule has 3 unspecified atom stereocenters. The number of alkyl halides is 5. The average molecular weight is 579 g/mol. The van der Waals surface area contributed by atoms with Crippen molar-refractivity contribution < 1.29 is 36.3 Å². The molecule has 0 radical (unpaired) electrons. The maximum Gasteiger partial charge on any atom is 0.389 e. The Balaban J connectivity index is 1.72. The molecule has 3 amide bonds. The minimum absolute atomic E-state index is 0.245. The molecular formula is C29H31F5N4O3. The van der Waals surface area contributed by atoms with Crippen molar-refractivity contribution >= 4 is 29.1 Å². The van der Waals surface area contributed by atoms with Crippen LogP contribution in [-0.4, -0.2) is 48.7 Å². The third-order valence-electron chi connectivity index (χ3n) is 7.29. The van der Waals surface area contributed by atoms with Gasteiger partial charge in [-0.2, -0.15) is 13.2 Å². The van der Waals surface area contributed by atoms with Gasteiger partial charge in [0.2, 0.25) is 24.4 Å². The summed E-state index contributed by atoms with van der Waals surface area (Å²) in [5.41, 5.74) is 7.60. The topological polar surface area (TPSA) is 105 Å². The van der Waals surface area contributed by atoms with Gasteiger partial charge >= 0.3 is 6.18 Å². The Labute approximate surface area is 234 Å². The first kappa shape index (κ1) is 30.1. The summed E-state index contributed by atoms with van der Waals surface area (Å²) in [6.07, 6.45) is -11.0. The van der Waals surface area contributed by atoms with Crippen molar-refractivity contribution in [2.24, 2.45) is 28.5 Å². The Morgan fingerprint density at radius 2 is 1.63 bits per heavy atom. The number of fused-ring (bicyclic) bond motifs is 1. The van der Waals surface area contributed by atoms with E-state index in [2.05, 4.69) is 10.3 Å². The molecular weight excluding hydrogens is 547 g/mol. The summed E-state index contributed by atoms with van der Waals surface area (Å²) in [7, 11) is 0. The van der Waals surface area contributed by atoms with Crippen molar-refractivity contribution in [1.29, 1.82) is 0 Å². The highest BCUT2D eigenvalue weighted by atomic mass is 19.4. The second kappa shape index (κ2) is 12.8. The zero-order chi connectivity index (χ0) is 29.7. The second-order valence-electron chi connectivity index (χ2n) is 10.4. The first-order valence-electron chi connectivity index (χ1n) is 13.4. The van der Waals surface area contributed by atoms with E-state index in [-0.39, 0.29) is 5.92 Å². The molecule has 1 fully saturated rings. The summed E-state index contributed by atoms with van der Waals surface area (Å²) in [5.74, 6) is -5.89. The Kier molecular flexibility index (Phi) is 9.39. The minimum atomic E-state index is -4.68. The SMILES string of the molecule is NC(=O)C(CCC(F)F)C(CCC(F)(F)F)C(=O)NC1N=C(c2ccccc2)c2ccccc2N(CC2CC2)C1=O. The van der Waals surface area contributed by atoms with Crippen LogP contribution in [0.5, 0.6) is 0 Å². The molecule has 220 valence electrons. The van der Waals surface area contributed by atoms with Gasteiger partial charge in [0.1, 0.15) is 0 Å². The maximum atomic E-state index is 13.9. The number of primary amides is 1. The van der Waals surface area contributed by atoms with E-state index >= 15 is 0 Å². The number of hydrogen-bond acceptors (Lipinski definition) is 4. The van der Waals surface area contributed by atoms with Gasteiger partial charge in [-0.15, -0.1) is 0 Å². The van der Waals surface area contributed by atoms with Crippen LogP contribution in [0, 0.1) is 17.8 Å². The third-order valence-corrected chi connectivity index (χ3v) is 7.29. The van der Waals surface area contributed by atoms with E-state index < -0.39 is 74.0 Å². The van der Waals surface area contributed by atoms with Crippen LogP contribution in [0.4, 0.5) is 27.6 Å². The zero-order valence-corrected chi connectivity index (χ0v) is 22.1. The van der Waals surface area contributed by atoms with E-state index in [0.717, 1.165) is 12.8 Å². The number of halogens is 5. The number of nitrogens with two attached hydrogens (primary N) is 1. The van der Waals surface area contributed by atoms with Gasteiger partial charge in [-0.3, -0.25) is 14.4 Å². The average Bonchev–Trinajstić information content (AvgIpc) is 3.75. The van der Waals surface area contributed by atoms with Gasteiger partial charge < -0.3 is 16.0 Å². The smallest absolute Gasteiger partial charge is 0.369 e. The maximum absolute atomic E-state index is 13.9. The molecule has 3 atom stereocenters. The van der Waals surface area contributed by atoms with Crippen molar-refractivity contribution in [3.8, 4) is 0 Å². The molecule has 0 saturated heterocycles. The van der Waals surface area contributed by atoms with Gasteiger partial charge in [-0.05, 0) is 37.7 Å². The molecule has 0 aromatic heterocycles. The number of aliphatic imine (C=N–C) groups is 1. The fourth-order valence-electron chi connectivity index (χ4n) is 5.02. The first-order valence-corrected chi connectivity index (χ1v) is 13.4. The third kappa shape index (κ3) is 7.89. The predicted molar refractivity (Wildman–Crippen MR) is 142 cm³/mol. The lowest BCUT2D eigenvalue weighted by Crippen LogP contribution is -2.51. The Hall–Kier alpha value is -3.83. The van der Waals surface area contributed by atoms with Gasteiger partial charge in [0.15, 0.2) is 0 Å². The summed E-state index contributed by atoms with van der Waals surface area (Å²) in [5, 5.41) is 2.45. The van der Waals surface area contributed by atoms with Gasteiger partial charge in [-0.1, -0.05) is 48.5 Å². The van der Waals surface area contributed by atoms with Crippen molar-refractivity contribution in [2.45, 2.75) is 57.3 Å². The lowest BCUT2D eigenvalue weighted by atomic mass is 9.83. The highest BCUT2D eigenvalue weighted by Gasteiger charge is 2.41. The number of carbonyl (C=O) groups is 3. The highest BCUT2D eigenvalue weighted by molar-refractivity contribution is 6.20. The molecule has 0 bridgehead atoms. The highest BCUT2D eigenvalue weighted by Crippen LogP contribution is 2.35. The molecule has 2 aromatic carbocycles. The van der Waals surface area contributed by atoms with E-state index in [0.29, 0.717) is 29.1 Å². The van der Waals surface area contributed by atoms with Crippen molar-refractivity contribution in [3.05, 3.63) is 65.7 Å². The summed E-state index contributed by atoms with van der Waals surface area (Å²) < 4.78 is 65.4. The second-order valence-corrected chi connectivity index (χ2v) is 10.4. The van der Waals surface area contributed by atoms with Crippen LogP contribution in [0.3, 0.4) is 0 Å². The molecule has 41 heavy (non-hydrogen) atoms. The van der Waals surface area contributed by atoms with E-state index in [1.54, 1.807) is 54.6 Å². The molecule has 2 aliphatic rings. The van der Waals surface area contributed by atoms with Crippen LogP contribution in [0.1, 0.15) is 49.7 Å². The quantitative estimate of drug-likeness (QED) is 0.353. The number of carbonyl (C=O) groups excluding carboxylic acids is 3. The van der Waals surface area contributed by atoms with Crippen molar-refractivity contribution in [3.63, 3.8) is 0 Å². The van der Waals surface area contributed by atoms with E-state index in [1.807, 2.05) is 0 Å². The lowest BCUT2D eigenvalue weighted by Gasteiger charge is -2.28. The normalized spacial score (nSPS) is 18.8. The minimum Gasteiger partial charge on any atom is -0.369 e. The van der Waals surface area contributed by atoms with Crippen LogP contribution in [0.2, 0.25) is 0 Å². The predicted octanol–water partition coefficient (Wildman–Crippen LogP) is 4.83. The van der Waals surface area contributed by atoms with Gasteiger partial charge in [0, 0.05) is 42.3 Å². The molecule has 1 aliphatic carbocycles. The van der Waals surface area contributed by atoms with Crippen LogP contribution < -0.4 is 16.0 Å². The largest absolute Gasteiger partial charge is 0.389 e. The molecule has 2 aromatic rings. The van der Waals surface area contributed by atoms with Crippen LogP contribution >= 0.6 is 0 Å². The van der Waals surface area contributed by atoms with Crippen molar-refractivity contribution in [1.82, 2.24) is 5.32 Å². The Morgan fingerprint density at radius 3 is 2.24 bits per heavy atom. The van der Waals surface area contributed by atoms with Gasteiger partial charge in [0.25, 0.3) is 5.91 Å². The van der Waals surface area contributed by atoms with Gasteiger partial charge in [0.05, 0.1) is 11.4 Å². The molecule has 1 heterocycles. The number of benzodiazepines with no additional fused rings is 1. The number of nitrogens with zero attached hydrogens (tertiary/aromatic N) is 2. The molecule has 0 spiro atoms. The summed E-state index contributed by atoms with van der Waals surface area (Å²) in [4.78, 5) is 45.7. The molecule has 3 N–H and O–H groups in total. The van der Waals surface area contributed by atoms with E-state index in [1.165, 1.54) is 4.90 Å². The van der Waals surface area contributed by atoms with Crippen LogP contribution in [-0.2, 0) is 14.4 Å². The molecule has 12 heteroatoms. The van der Waals surface area contributed by atoms with E-state index in [4.69, 9.17) is 5.73 Å². The molecule has 7 nitrogen and oxygen atoms in total. The number of rotatable bonds is 12. The monoisotopic (exact) mass is 578 g/mol. The number of benzene rings is 2. The van der Waals surface area contributed by atoms with Crippen LogP contribution in [0.25, 0.3) is 0 Å². The number of para-hydroxylation sites is 1. The summed E-state index contributed by atoms with van der Waals surface area (Å²) in [6.45, 7) is 0.357. The number of nitrogens with one attached hydrogen (secondary N) is 1. The Bertz CT molecular complexity index is 1280.